The zero-order valence-electron chi connectivity index (χ0n) is 8.89. The Kier molecular flexibility index (Phi) is 2.88. The van der Waals surface area contributed by atoms with Crippen LogP contribution in [0.2, 0.25) is 0 Å². The van der Waals surface area contributed by atoms with Crippen LogP contribution < -0.4 is 5.73 Å². The summed E-state index contributed by atoms with van der Waals surface area (Å²) in [6.07, 6.45) is 2.26. The molecule has 0 aliphatic rings. The van der Waals surface area contributed by atoms with Crippen LogP contribution in [0.3, 0.4) is 0 Å². The molecule has 0 saturated carbocycles. The summed E-state index contributed by atoms with van der Waals surface area (Å²) in [4.78, 5) is 18.1. The molecule has 1 aromatic carbocycles. The number of halogens is 2. The van der Waals surface area contributed by atoms with Gasteiger partial charge in [0, 0.05) is 12.4 Å². The van der Waals surface area contributed by atoms with Crippen molar-refractivity contribution in [1.29, 1.82) is 0 Å². The number of nitrogens with two attached hydrogens (primary N) is 1. The van der Waals surface area contributed by atoms with E-state index in [-0.39, 0.29) is 5.69 Å². The van der Waals surface area contributed by atoms with Crippen molar-refractivity contribution in [2.75, 3.05) is 5.73 Å². The average molecular weight is 251 g/mol. The van der Waals surface area contributed by atoms with E-state index in [1.165, 1.54) is 0 Å². The zero-order valence-corrected chi connectivity index (χ0v) is 8.89. The van der Waals surface area contributed by atoms with Gasteiger partial charge in [0.1, 0.15) is 11.5 Å². The first-order valence-electron chi connectivity index (χ1n) is 4.80. The van der Waals surface area contributed by atoms with Crippen molar-refractivity contribution >= 4 is 11.7 Å². The zero-order chi connectivity index (χ0) is 13.3. The Morgan fingerprint density at radius 2 is 1.89 bits per heavy atom. The van der Waals surface area contributed by atoms with Gasteiger partial charge in [0.05, 0.1) is 11.3 Å². The van der Waals surface area contributed by atoms with Gasteiger partial charge in [-0.3, -0.25) is 4.98 Å². The number of aromatic nitrogens is 2. The highest BCUT2D eigenvalue weighted by Gasteiger charge is 2.22. The first-order valence-corrected chi connectivity index (χ1v) is 4.80. The summed E-state index contributed by atoms with van der Waals surface area (Å²) in [6, 6.07) is 1.99. The lowest BCUT2D eigenvalue weighted by molar-refractivity contribution is 0.0691. The quantitative estimate of drug-likeness (QED) is 0.793. The predicted octanol–water partition coefficient (Wildman–Crippen LogP) is 1.70. The number of benzene rings is 1. The third-order valence-electron chi connectivity index (χ3n) is 2.26. The van der Waals surface area contributed by atoms with Crippen molar-refractivity contribution in [2.24, 2.45) is 0 Å². The van der Waals surface area contributed by atoms with Crippen LogP contribution in [0, 0.1) is 11.6 Å². The number of hydrogen-bond acceptors (Lipinski definition) is 4. The number of rotatable bonds is 2. The fourth-order valence-corrected chi connectivity index (χ4v) is 1.46. The van der Waals surface area contributed by atoms with Gasteiger partial charge in [-0.1, -0.05) is 0 Å². The van der Waals surface area contributed by atoms with Crippen LogP contribution in [0.4, 0.5) is 14.5 Å². The van der Waals surface area contributed by atoms with Gasteiger partial charge in [0.15, 0.2) is 11.5 Å². The van der Waals surface area contributed by atoms with Crippen LogP contribution in [0.15, 0.2) is 24.5 Å². The van der Waals surface area contributed by atoms with Gasteiger partial charge in [-0.2, -0.15) is 0 Å². The molecule has 7 heteroatoms. The number of nitrogen functional groups attached to an aromatic ring is 1. The van der Waals surface area contributed by atoms with Crippen LogP contribution in [-0.4, -0.2) is 21.0 Å². The number of nitrogens with zero attached hydrogens (tertiary/aromatic N) is 2. The fraction of sp³-hybridized carbons (Fsp3) is 0. The summed E-state index contributed by atoms with van der Waals surface area (Å²) >= 11 is 0. The second kappa shape index (κ2) is 4.36. The second-order valence-corrected chi connectivity index (χ2v) is 3.38. The van der Waals surface area contributed by atoms with E-state index in [0.29, 0.717) is 0 Å². The SMILES string of the molecule is Nc1ccc(F)c(-c2nccnc2C(=O)O)c1F. The highest BCUT2D eigenvalue weighted by molar-refractivity contribution is 5.93. The average Bonchev–Trinajstić information content (AvgIpc) is 2.35. The molecule has 0 aliphatic heterocycles. The van der Waals surface area contributed by atoms with E-state index in [4.69, 9.17) is 10.8 Å². The lowest BCUT2D eigenvalue weighted by Gasteiger charge is -2.08. The molecule has 92 valence electrons. The van der Waals surface area contributed by atoms with E-state index in [0.717, 1.165) is 24.5 Å². The molecule has 0 saturated heterocycles. The Bertz CT molecular complexity index is 632. The van der Waals surface area contributed by atoms with E-state index >= 15 is 0 Å². The third-order valence-corrected chi connectivity index (χ3v) is 2.26. The van der Waals surface area contributed by atoms with Gasteiger partial charge in [0.2, 0.25) is 0 Å². The highest BCUT2D eigenvalue weighted by atomic mass is 19.1. The number of carboxylic acids is 1. The number of aromatic carboxylic acids is 1. The maximum absolute atomic E-state index is 13.8. The molecule has 1 aromatic heterocycles. The summed E-state index contributed by atoms with van der Waals surface area (Å²) < 4.78 is 27.4. The molecule has 2 aromatic rings. The monoisotopic (exact) mass is 251 g/mol. The molecule has 5 nitrogen and oxygen atoms in total. The van der Waals surface area contributed by atoms with Gasteiger partial charge < -0.3 is 10.8 Å². The minimum Gasteiger partial charge on any atom is -0.476 e. The van der Waals surface area contributed by atoms with Crippen LogP contribution in [0.25, 0.3) is 11.3 Å². The number of anilines is 1. The predicted molar refractivity (Wildman–Crippen MR) is 58.8 cm³/mol. The maximum Gasteiger partial charge on any atom is 0.356 e. The van der Waals surface area contributed by atoms with E-state index in [1.54, 1.807) is 0 Å². The summed E-state index contributed by atoms with van der Waals surface area (Å²) in [7, 11) is 0. The Morgan fingerprint density at radius 1 is 1.22 bits per heavy atom. The largest absolute Gasteiger partial charge is 0.476 e. The Balaban J connectivity index is 2.77. The standard InChI is InChI=1S/C11H7F2N3O2/c12-5-1-2-6(14)8(13)7(5)9-10(11(17)18)16-4-3-15-9/h1-4H,14H2,(H,17,18). The molecular formula is C11H7F2N3O2. The van der Waals surface area contributed by atoms with Crippen LogP contribution in [-0.2, 0) is 0 Å². The summed E-state index contributed by atoms with van der Waals surface area (Å²) in [6.45, 7) is 0. The normalized spacial score (nSPS) is 10.3. The van der Waals surface area contributed by atoms with Gasteiger partial charge in [-0.15, -0.1) is 0 Å². The molecule has 0 fully saturated rings. The first-order chi connectivity index (χ1) is 8.52. The molecule has 0 aliphatic carbocycles. The first kappa shape index (κ1) is 11.9. The molecule has 0 radical (unpaired) electrons. The van der Waals surface area contributed by atoms with Crippen LogP contribution in [0.1, 0.15) is 10.5 Å². The molecule has 0 spiro atoms. The van der Waals surface area contributed by atoms with Crippen LogP contribution >= 0.6 is 0 Å². The fourth-order valence-electron chi connectivity index (χ4n) is 1.46. The maximum atomic E-state index is 13.8. The third kappa shape index (κ3) is 1.86. The van der Waals surface area contributed by atoms with Crippen molar-refractivity contribution in [3.8, 4) is 11.3 Å². The van der Waals surface area contributed by atoms with Crippen LogP contribution in [0.5, 0.6) is 0 Å². The molecule has 2 rings (SSSR count). The number of hydrogen-bond donors (Lipinski definition) is 2. The molecule has 0 atom stereocenters. The number of carboxylic acid groups (broad SMARTS) is 1. The van der Waals surface area contributed by atoms with E-state index < -0.39 is 34.6 Å². The van der Waals surface area contributed by atoms with E-state index in [9.17, 15) is 13.6 Å². The minimum atomic E-state index is -1.43. The summed E-state index contributed by atoms with van der Waals surface area (Å²) in [5.41, 5.74) is 3.48. The van der Waals surface area contributed by atoms with Crippen molar-refractivity contribution in [3.63, 3.8) is 0 Å². The smallest absolute Gasteiger partial charge is 0.356 e. The lowest BCUT2D eigenvalue weighted by Crippen LogP contribution is -2.07. The van der Waals surface area contributed by atoms with Gasteiger partial charge in [-0.25, -0.2) is 18.6 Å². The molecule has 0 amide bonds. The molecule has 0 bridgehead atoms. The summed E-state index contributed by atoms with van der Waals surface area (Å²) in [5, 5.41) is 8.90. The van der Waals surface area contributed by atoms with E-state index in [1.807, 2.05) is 0 Å². The van der Waals surface area contributed by atoms with Crippen molar-refractivity contribution in [2.45, 2.75) is 0 Å². The topological polar surface area (TPSA) is 89.1 Å². The Labute approximate surface area is 99.9 Å². The van der Waals surface area contributed by atoms with Crippen molar-refractivity contribution < 1.29 is 18.7 Å². The molecular weight excluding hydrogens is 244 g/mol. The number of carbonyl (C=O) groups is 1. The lowest BCUT2D eigenvalue weighted by atomic mass is 10.1. The molecule has 3 N–H and O–H groups in total. The summed E-state index contributed by atoms with van der Waals surface area (Å²) in [5.74, 6) is -3.44. The van der Waals surface area contributed by atoms with Gasteiger partial charge in [-0.05, 0) is 12.1 Å². The highest BCUT2D eigenvalue weighted by Crippen LogP contribution is 2.29. The minimum absolute atomic E-state index is 0.298. The van der Waals surface area contributed by atoms with E-state index in [2.05, 4.69) is 9.97 Å². The van der Waals surface area contributed by atoms with Gasteiger partial charge >= 0.3 is 5.97 Å². The Hall–Kier alpha value is -2.57. The van der Waals surface area contributed by atoms with Gasteiger partial charge in [0.25, 0.3) is 0 Å². The molecule has 0 unspecified atom stereocenters. The molecule has 1 heterocycles. The Morgan fingerprint density at radius 3 is 2.56 bits per heavy atom. The second-order valence-electron chi connectivity index (χ2n) is 3.38. The van der Waals surface area contributed by atoms with Crippen molar-refractivity contribution in [3.05, 3.63) is 41.9 Å². The van der Waals surface area contributed by atoms with Crippen molar-refractivity contribution in [1.82, 2.24) is 9.97 Å². The molecule has 18 heavy (non-hydrogen) atoms.